The summed E-state index contributed by atoms with van der Waals surface area (Å²) in [4.78, 5) is 0. The molecule has 0 fully saturated rings. The van der Waals surface area contributed by atoms with E-state index in [0.717, 1.165) is 12.0 Å². The molecule has 2 unspecified atom stereocenters. The fourth-order valence-electron chi connectivity index (χ4n) is 2.65. The predicted octanol–water partition coefficient (Wildman–Crippen LogP) is 3.17. The average Bonchev–Trinajstić information content (AvgIpc) is 2.47. The highest BCUT2D eigenvalue weighted by Gasteiger charge is 2.20. The molecule has 0 heterocycles. The smallest absolute Gasteiger partial charge is 0.123 e. The number of nitrogens with two attached hydrogens (primary N) is 1. The molecule has 2 aromatic carbocycles. The summed E-state index contributed by atoms with van der Waals surface area (Å²) in [5.74, 6) is -0.526. The summed E-state index contributed by atoms with van der Waals surface area (Å²) in [6, 6.07) is 14.5. The van der Waals surface area contributed by atoms with Crippen molar-refractivity contribution in [1.29, 1.82) is 0 Å². The molecule has 0 aliphatic carbocycles. The second kappa shape index (κ2) is 7.34. The third-order valence-electron chi connectivity index (χ3n) is 3.97. The highest BCUT2D eigenvalue weighted by molar-refractivity contribution is 5.26. The van der Waals surface area contributed by atoms with Gasteiger partial charge in [0.1, 0.15) is 5.82 Å². The van der Waals surface area contributed by atoms with Gasteiger partial charge in [0.25, 0.3) is 0 Å². The minimum atomic E-state index is -0.573. The Labute approximate surface area is 125 Å². The standard InChI is InChI=1S/C18H22FNO/c1-13-5-2-3-6-14(13)9-10-18(21)17(12-20)15-7-4-8-16(19)11-15/h2-8,11,17-18,21H,9-10,12,20H2,1H3. The van der Waals surface area contributed by atoms with E-state index in [0.29, 0.717) is 13.0 Å². The van der Waals surface area contributed by atoms with Crippen LogP contribution in [0.5, 0.6) is 0 Å². The Morgan fingerprint density at radius 2 is 1.90 bits per heavy atom. The number of benzene rings is 2. The Morgan fingerprint density at radius 1 is 1.14 bits per heavy atom. The molecule has 0 radical (unpaired) electrons. The molecule has 21 heavy (non-hydrogen) atoms. The van der Waals surface area contributed by atoms with E-state index in [4.69, 9.17) is 5.73 Å². The second-order valence-corrected chi connectivity index (χ2v) is 5.43. The third-order valence-corrected chi connectivity index (χ3v) is 3.97. The molecule has 0 amide bonds. The van der Waals surface area contributed by atoms with Crippen LogP contribution in [0, 0.1) is 12.7 Å². The SMILES string of the molecule is Cc1ccccc1CCC(O)C(CN)c1cccc(F)c1. The molecule has 0 aromatic heterocycles. The first kappa shape index (κ1) is 15.7. The fourth-order valence-corrected chi connectivity index (χ4v) is 2.65. The molecule has 3 N–H and O–H groups in total. The second-order valence-electron chi connectivity index (χ2n) is 5.43. The summed E-state index contributed by atoms with van der Waals surface area (Å²) in [7, 11) is 0. The number of hydrogen-bond acceptors (Lipinski definition) is 2. The topological polar surface area (TPSA) is 46.2 Å². The predicted molar refractivity (Wildman–Crippen MR) is 83.7 cm³/mol. The minimum absolute atomic E-state index is 0.232. The Morgan fingerprint density at radius 3 is 2.57 bits per heavy atom. The van der Waals surface area contributed by atoms with Crippen LogP contribution in [0.25, 0.3) is 0 Å². The maximum Gasteiger partial charge on any atom is 0.123 e. The van der Waals surface area contributed by atoms with E-state index in [1.165, 1.54) is 23.3 Å². The van der Waals surface area contributed by atoms with Gasteiger partial charge < -0.3 is 10.8 Å². The van der Waals surface area contributed by atoms with E-state index in [1.807, 2.05) is 18.2 Å². The van der Waals surface area contributed by atoms with Gasteiger partial charge in [-0.1, -0.05) is 36.4 Å². The van der Waals surface area contributed by atoms with Gasteiger partial charge in [0, 0.05) is 12.5 Å². The quantitative estimate of drug-likeness (QED) is 0.857. The molecule has 0 aliphatic rings. The van der Waals surface area contributed by atoms with Crippen molar-refractivity contribution in [2.75, 3.05) is 6.54 Å². The summed E-state index contributed by atoms with van der Waals surface area (Å²) in [5.41, 5.74) is 8.98. The zero-order valence-electron chi connectivity index (χ0n) is 12.3. The van der Waals surface area contributed by atoms with Crippen LogP contribution in [0.1, 0.15) is 29.0 Å². The number of aliphatic hydroxyl groups excluding tert-OH is 1. The van der Waals surface area contributed by atoms with Gasteiger partial charge in [0.2, 0.25) is 0 Å². The van der Waals surface area contributed by atoms with Crippen LogP contribution >= 0.6 is 0 Å². The van der Waals surface area contributed by atoms with Crippen LogP contribution in [0.2, 0.25) is 0 Å². The Bertz CT molecular complexity index is 585. The van der Waals surface area contributed by atoms with Gasteiger partial charge in [-0.25, -0.2) is 4.39 Å². The van der Waals surface area contributed by atoms with Crippen molar-refractivity contribution in [3.05, 3.63) is 71.0 Å². The van der Waals surface area contributed by atoms with Gasteiger partial charge in [0.15, 0.2) is 0 Å². The van der Waals surface area contributed by atoms with E-state index >= 15 is 0 Å². The third kappa shape index (κ3) is 4.13. The largest absolute Gasteiger partial charge is 0.392 e. The van der Waals surface area contributed by atoms with Crippen molar-refractivity contribution in [3.8, 4) is 0 Å². The zero-order chi connectivity index (χ0) is 15.2. The lowest BCUT2D eigenvalue weighted by Gasteiger charge is -2.22. The maximum atomic E-state index is 13.3. The highest BCUT2D eigenvalue weighted by Crippen LogP contribution is 2.23. The molecule has 2 atom stereocenters. The van der Waals surface area contributed by atoms with E-state index in [-0.39, 0.29) is 11.7 Å². The monoisotopic (exact) mass is 287 g/mol. The molecular weight excluding hydrogens is 265 g/mol. The lowest BCUT2D eigenvalue weighted by molar-refractivity contribution is 0.136. The zero-order valence-corrected chi connectivity index (χ0v) is 12.3. The minimum Gasteiger partial charge on any atom is -0.392 e. The van der Waals surface area contributed by atoms with Gasteiger partial charge in [0.05, 0.1) is 6.10 Å². The lowest BCUT2D eigenvalue weighted by atomic mass is 9.89. The summed E-state index contributed by atoms with van der Waals surface area (Å²) in [6.45, 7) is 2.37. The van der Waals surface area contributed by atoms with Crippen LogP contribution in [0.15, 0.2) is 48.5 Å². The van der Waals surface area contributed by atoms with E-state index in [2.05, 4.69) is 19.1 Å². The molecule has 2 nitrogen and oxygen atoms in total. The highest BCUT2D eigenvalue weighted by atomic mass is 19.1. The van der Waals surface area contributed by atoms with Gasteiger partial charge in [-0.3, -0.25) is 0 Å². The molecule has 2 rings (SSSR count). The van der Waals surface area contributed by atoms with Gasteiger partial charge in [-0.05, 0) is 48.6 Å². The van der Waals surface area contributed by atoms with Gasteiger partial charge >= 0.3 is 0 Å². The first-order valence-electron chi connectivity index (χ1n) is 7.30. The van der Waals surface area contributed by atoms with Gasteiger partial charge in [-0.15, -0.1) is 0 Å². The first-order valence-corrected chi connectivity index (χ1v) is 7.30. The van der Waals surface area contributed by atoms with Crippen molar-refractivity contribution in [2.24, 2.45) is 5.73 Å². The molecule has 0 saturated carbocycles. The summed E-state index contributed by atoms with van der Waals surface area (Å²) >= 11 is 0. The summed E-state index contributed by atoms with van der Waals surface area (Å²) in [5, 5.41) is 10.4. The van der Waals surface area contributed by atoms with E-state index in [1.54, 1.807) is 6.07 Å². The van der Waals surface area contributed by atoms with Crippen LogP contribution in [0.3, 0.4) is 0 Å². The van der Waals surface area contributed by atoms with Crippen LogP contribution in [0.4, 0.5) is 4.39 Å². The van der Waals surface area contributed by atoms with E-state index < -0.39 is 6.10 Å². The molecule has 0 spiro atoms. The van der Waals surface area contributed by atoms with Crippen molar-refractivity contribution in [1.82, 2.24) is 0 Å². The van der Waals surface area contributed by atoms with Crippen LogP contribution in [-0.2, 0) is 6.42 Å². The number of hydrogen-bond donors (Lipinski definition) is 2. The van der Waals surface area contributed by atoms with Crippen molar-refractivity contribution < 1.29 is 9.50 Å². The molecular formula is C18H22FNO. The summed E-state index contributed by atoms with van der Waals surface area (Å²) in [6.07, 6.45) is 0.833. The van der Waals surface area contributed by atoms with E-state index in [9.17, 15) is 9.50 Å². The number of rotatable bonds is 6. The number of aryl methyl sites for hydroxylation is 2. The summed E-state index contributed by atoms with van der Waals surface area (Å²) < 4.78 is 13.3. The molecule has 0 aliphatic heterocycles. The van der Waals surface area contributed by atoms with Gasteiger partial charge in [-0.2, -0.15) is 0 Å². The lowest BCUT2D eigenvalue weighted by Crippen LogP contribution is -2.26. The van der Waals surface area contributed by atoms with Crippen LogP contribution in [-0.4, -0.2) is 17.8 Å². The Balaban J connectivity index is 2.04. The maximum absolute atomic E-state index is 13.3. The Kier molecular flexibility index (Phi) is 5.48. The molecule has 0 saturated heterocycles. The number of halogens is 1. The van der Waals surface area contributed by atoms with Crippen molar-refractivity contribution >= 4 is 0 Å². The van der Waals surface area contributed by atoms with Crippen molar-refractivity contribution in [2.45, 2.75) is 31.8 Å². The molecule has 0 bridgehead atoms. The van der Waals surface area contributed by atoms with Crippen molar-refractivity contribution in [3.63, 3.8) is 0 Å². The fraction of sp³-hybridized carbons (Fsp3) is 0.333. The molecule has 2 aromatic rings. The molecule has 3 heteroatoms. The molecule has 112 valence electrons. The Hall–Kier alpha value is -1.71. The van der Waals surface area contributed by atoms with Crippen LogP contribution < -0.4 is 5.73 Å². The average molecular weight is 287 g/mol. The number of aliphatic hydroxyl groups is 1. The normalized spacial score (nSPS) is 13.9. The first-order chi connectivity index (χ1) is 10.1.